The van der Waals surface area contributed by atoms with Crippen LogP contribution in [0.5, 0.6) is 0 Å². The van der Waals surface area contributed by atoms with Gasteiger partial charge in [-0.15, -0.1) is 0 Å². The molecule has 19 heavy (non-hydrogen) atoms. The predicted octanol–water partition coefficient (Wildman–Crippen LogP) is 1.92. The molecule has 2 atom stereocenters. The number of likely N-dealkylation sites (tertiary alicyclic amines) is 1. The minimum Gasteiger partial charge on any atom is -0.369 e. The molecule has 3 rings (SSSR count). The van der Waals surface area contributed by atoms with Crippen LogP contribution in [0.2, 0.25) is 0 Å². The summed E-state index contributed by atoms with van der Waals surface area (Å²) in [6, 6.07) is 0.437. The zero-order valence-corrected chi connectivity index (χ0v) is 11.3. The highest BCUT2D eigenvalue weighted by Gasteiger charge is 2.40. The van der Waals surface area contributed by atoms with E-state index in [2.05, 4.69) is 22.2 Å². The smallest absolute Gasteiger partial charge is 0.274 e. The van der Waals surface area contributed by atoms with E-state index in [-0.39, 0.29) is 5.91 Å². The van der Waals surface area contributed by atoms with Crippen molar-refractivity contribution >= 4 is 11.7 Å². The van der Waals surface area contributed by atoms with Crippen LogP contribution in [-0.4, -0.2) is 39.9 Å². The largest absolute Gasteiger partial charge is 0.369 e. The van der Waals surface area contributed by atoms with Crippen molar-refractivity contribution in [2.75, 3.05) is 18.4 Å². The number of piperidine rings is 1. The second-order valence-corrected chi connectivity index (χ2v) is 5.51. The molecule has 2 fully saturated rings. The summed E-state index contributed by atoms with van der Waals surface area (Å²) in [5.74, 6) is 1.44. The summed E-state index contributed by atoms with van der Waals surface area (Å²) in [7, 11) is 0. The first-order valence-corrected chi connectivity index (χ1v) is 7.15. The number of fused-ring (bicyclic) bond motifs is 2. The Balaban J connectivity index is 1.72. The third-order valence-electron chi connectivity index (χ3n) is 4.08. The third-order valence-corrected chi connectivity index (χ3v) is 4.08. The van der Waals surface area contributed by atoms with Crippen molar-refractivity contribution in [3.63, 3.8) is 0 Å². The van der Waals surface area contributed by atoms with Gasteiger partial charge in [-0.05, 0) is 31.6 Å². The van der Waals surface area contributed by atoms with Crippen molar-refractivity contribution in [1.29, 1.82) is 0 Å². The van der Waals surface area contributed by atoms with Gasteiger partial charge in [0.05, 0.1) is 12.4 Å². The van der Waals surface area contributed by atoms with Gasteiger partial charge in [-0.2, -0.15) is 0 Å². The molecule has 0 spiro atoms. The summed E-state index contributed by atoms with van der Waals surface area (Å²) >= 11 is 0. The van der Waals surface area contributed by atoms with E-state index in [1.807, 2.05) is 4.90 Å². The van der Waals surface area contributed by atoms with Crippen LogP contribution in [0.3, 0.4) is 0 Å². The summed E-state index contributed by atoms with van der Waals surface area (Å²) in [6.45, 7) is 3.84. The molecule has 102 valence electrons. The van der Waals surface area contributed by atoms with Crippen molar-refractivity contribution in [1.82, 2.24) is 14.9 Å². The Morgan fingerprint density at radius 2 is 2.37 bits per heavy atom. The number of carbonyl (C=O) groups is 1. The minimum atomic E-state index is 0.0415. The van der Waals surface area contributed by atoms with Crippen molar-refractivity contribution in [3.8, 4) is 0 Å². The second-order valence-electron chi connectivity index (χ2n) is 5.51. The maximum absolute atomic E-state index is 12.5. The normalized spacial score (nSPS) is 24.8. The van der Waals surface area contributed by atoms with Gasteiger partial charge in [-0.3, -0.25) is 9.78 Å². The molecule has 1 saturated heterocycles. The topological polar surface area (TPSA) is 58.1 Å². The highest BCUT2D eigenvalue weighted by atomic mass is 16.2. The summed E-state index contributed by atoms with van der Waals surface area (Å²) in [5.41, 5.74) is 0.466. The van der Waals surface area contributed by atoms with Crippen molar-refractivity contribution < 1.29 is 4.79 Å². The van der Waals surface area contributed by atoms with E-state index < -0.39 is 0 Å². The number of aromatic nitrogens is 2. The zero-order chi connectivity index (χ0) is 13.2. The van der Waals surface area contributed by atoms with E-state index in [1.54, 1.807) is 12.4 Å². The van der Waals surface area contributed by atoms with Crippen LogP contribution in [0.4, 0.5) is 5.82 Å². The summed E-state index contributed by atoms with van der Waals surface area (Å²) < 4.78 is 0. The van der Waals surface area contributed by atoms with E-state index in [0.29, 0.717) is 23.5 Å². The van der Waals surface area contributed by atoms with Crippen LogP contribution >= 0.6 is 0 Å². The molecule has 2 bridgehead atoms. The average Bonchev–Trinajstić information content (AvgIpc) is 3.07. The SMILES string of the molecule is CCCNc1cncc(C(=O)N2CC3CCC2C3)n1. The van der Waals surface area contributed by atoms with Crippen LogP contribution in [0.1, 0.15) is 43.1 Å². The molecule has 1 N–H and O–H groups in total. The Morgan fingerprint density at radius 3 is 3.05 bits per heavy atom. The van der Waals surface area contributed by atoms with Crippen molar-refractivity contribution in [2.24, 2.45) is 5.92 Å². The quantitative estimate of drug-likeness (QED) is 0.898. The fraction of sp³-hybridized carbons (Fsp3) is 0.643. The van der Waals surface area contributed by atoms with E-state index in [4.69, 9.17) is 0 Å². The van der Waals surface area contributed by atoms with E-state index in [9.17, 15) is 4.79 Å². The fourth-order valence-electron chi connectivity index (χ4n) is 3.13. The molecule has 1 aromatic heterocycles. The molecule has 2 heterocycles. The molecule has 2 aliphatic rings. The third kappa shape index (κ3) is 2.41. The van der Waals surface area contributed by atoms with Crippen molar-refractivity contribution in [2.45, 2.75) is 38.6 Å². The lowest BCUT2D eigenvalue weighted by atomic mass is 10.1. The number of anilines is 1. The van der Waals surface area contributed by atoms with Gasteiger partial charge in [0.15, 0.2) is 0 Å². The Hall–Kier alpha value is -1.65. The summed E-state index contributed by atoms with van der Waals surface area (Å²) in [4.78, 5) is 22.9. The standard InChI is InChI=1S/C14H20N4O/c1-2-5-16-13-8-15-7-12(17-13)14(19)18-9-10-3-4-11(18)6-10/h7-8,10-11H,2-6,9H2,1H3,(H,16,17). The van der Waals surface area contributed by atoms with Gasteiger partial charge in [0.25, 0.3) is 5.91 Å². The Bertz CT molecular complexity index is 476. The molecule has 2 unspecified atom stereocenters. The Kier molecular flexibility index (Phi) is 3.36. The van der Waals surface area contributed by atoms with E-state index in [0.717, 1.165) is 25.9 Å². The first-order valence-electron chi connectivity index (χ1n) is 7.15. The van der Waals surface area contributed by atoms with E-state index >= 15 is 0 Å². The van der Waals surface area contributed by atoms with Gasteiger partial charge in [0.1, 0.15) is 11.5 Å². The minimum absolute atomic E-state index is 0.0415. The lowest BCUT2D eigenvalue weighted by Gasteiger charge is -2.26. The number of nitrogens with one attached hydrogen (secondary N) is 1. The highest BCUT2D eigenvalue weighted by molar-refractivity contribution is 5.92. The fourth-order valence-corrected chi connectivity index (χ4v) is 3.13. The molecule has 5 nitrogen and oxygen atoms in total. The molecule has 0 aromatic carbocycles. The molecular formula is C14H20N4O. The zero-order valence-electron chi connectivity index (χ0n) is 11.3. The van der Waals surface area contributed by atoms with Gasteiger partial charge in [-0.1, -0.05) is 6.92 Å². The van der Waals surface area contributed by atoms with Gasteiger partial charge >= 0.3 is 0 Å². The summed E-state index contributed by atoms with van der Waals surface area (Å²) in [5, 5.41) is 3.17. The molecule has 1 aromatic rings. The maximum Gasteiger partial charge on any atom is 0.274 e. The number of carbonyl (C=O) groups excluding carboxylic acids is 1. The molecule has 1 aliphatic heterocycles. The van der Waals surface area contributed by atoms with Gasteiger partial charge in [0.2, 0.25) is 0 Å². The molecule has 1 amide bonds. The number of hydrogen-bond acceptors (Lipinski definition) is 4. The lowest BCUT2D eigenvalue weighted by Crippen LogP contribution is -2.38. The second kappa shape index (κ2) is 5.15. The number of nitrogens with zero attached hydrogens (tertiary/aromatic N) is 3. The van der Waals surface area contributed by atoms with Crippen LogP contribution in [0, 0.1) is 5.92 Å². The molecule has 0 radical (unpaired) electrons. The predicted molar refractivity (Wildman–Crippen MR) is 73.0 cm³/mol. The first-order chi connectivity index (χ1) is 9.28. The lowest BCUT2D eigenvalue weighted by molar-refractivity contribution is 0.0697. The number of rotatable bonds is 4. The highest BCUT2D eigenvalue weighted by Crippen LogP contribution is 2.37. The molecular weight excluding hydrogens is 240 g/mol. The van der Waals surface area contributed by atoms with Gasteiger partial charge in [-0.25, -0.2) is 4.98 Å². The van der Waals surface area contributed by atoms with Crippen molar-refractivity contribution in [3.05, 3.63) is 18.1 Å². The van der Waals surface area contributed by atoms with Crippen LogP contribution in [0.15, 0.2) is 12.4 Å². The van der Waals surface area contributed by atoms with Crippen LogP contribution in [-0.2, 0) is 0 Å². The molecule has 1 aliphatic carbocycles. The van der Waals surface area contributed by atoms with Crippen LogP contribution in [0.25, 0.3) is 0 Å². The van der Waals surface area contributed by atoms with Gasteiger partial charge in [0, 0.05) is 19.1 Å². The van der Waals surface area contributed by atoms with Crippen LogP contribution < -0.4 is 5.32 Å². The first kappa shape index (κ1) is 12.4. The molecule has 5 heteroatoms. The Morgan fingerprint density at radius 1 is 1.47 bits per heavy atom. The number of amides is 1. The van der Waals surface area contributed by atoms with Gasteiger partial charge < -0.3 is 10.2 Å². The molecule has 1 saturated carbocycles. The average molecular weight is 260 g/mol. The maximum atomic E-state index is 12.5. The van der Waals surface area contributed by atoms with E-state index in [1.165, 1.54) is 12.8 Å². The number of hydrogen-bond donors (Lipinski definition) is 1. The monoisotopic (exact) mass is 260 g/mol. The summed E-state index contributed by atoms with van der Waals surface area (Å²) in [6.07, 6.45) is 7.87. The Labute approximate surface area is 113 Å².